The van der Waals surface area contributed by atoms with Crippen LogP contribution in [0.5, 0.6) is 0 Å². The minimum Gasteiger partial charge on any atom is -0.455 e. The van der Waals surface area contributed by atoms with Crippen LogP contribution in [-0.4, -0.2) is 18.0 Å². The molecule has 0 fully saturated rings. The molecule has 0 spiro atoms. The lowest BCUT2D eigenvalue weighted by molar-refractivity contribution is 0.669. The lowest BCUT2D eigenvalue weighted by atomic mass is 9.96. The van der Waals surface area contributed by atoms with Gasteiger partial charge in [-0.05, 0) is 55.5 Å². The van der Waals surface area contributed by atoms with Crippen LogP contribution < -0.4 is 5.19 Å². The average Bonchev–Trinajstić information content (AvgIpc) is 3.18. The molecule has 0 aliphatic heterocycles. The zero-order chi connectivity index (χ0) is 23.8. The van der Waals surface area contributed by atoms with E-state index >= 15 is 0 Å². The van der Waals surface area contributed by atoms with Gasteiger partial charge in [-0.2, -0.15) is 0 Å². The molecule has 0 unspecified atom stereocenters. The van der Waals surface area contributed by atoms with Gasteiger partial charge >= 0.3 is 0 Å². The Hall–Kier alpha value is -3.50. The summed E-state index contributed by atoms with van der Waals surface area (Å²) in [6.45, 7) is 13.9. The van der Waals surface area contributed by atoms with Gasteiger partial charge in [0.15, 0.2) is 0 Å². The highest BCUT2D eigenvalue weighted by Gasteiger charge is 2.24. The van der Waals surface area contributed by atoms with E-state index in [4.69, 9.17) is 14.4 Å². The van der Waals surface area contributed by atoms with E-state index < -0.39 is 8.07 Å². The molecule has 0 N–H and O–H groups in total. The number of nitrogens with zero attached hydrogens (tertiary/aromatic N) is 2. The van der Waals surface area contributed by atoms with Crippen LogP contribution in [0.25, 0.3) is 54.9 Å². The summed E-state index contributed by atoms with van der Waals surface area (Å²) in [7, 11) is -1.52. The van der Waals surface area contributed by atoms with E-state index in [9.17, 15) is 0 Å². The van der Waals surface area contributed by atoms with Crippen molar-refractivity contribution in [2.75, 3.05) is 0 Å². The molecule has 6 rings (SSSR count). The van der Waals surface area contributed by atoms with Gasteiger partial charge in [0.2, 0.25) is 0 Å². The van der Waals surface area contributed by atoms with E-state index in [1.807, 2.05) is 12.1 Å². The number of fused-ring (bicyclic) bond motifs is 6. The number of furan rings is 1. The van der Waals surface area contributed by atoms with Gasteiger partial charge < -0.3 is 4.42 Å². The molecule has 4 aromatic carbocycles. The van der Waals surface area contributed by atoms with Crippen molar-refractivity contribution < 1.29 is 4.42 Å². The highest BCUT2D eigenvalue weighted by molar-refractivity contribution is 6.89. The molecule has 2 aromatic heterocycles. The molecule has 0 saturated carbocycles. The molecule has 0 aliphatic carbocycles. The number of benzene rings is 4. The van der Waals surface area contributed by atoms with Crippen LogP contribution in [0, 0.1) is 20.8 Å². The summed E-state index contributed by atoms with van der Waals surface area (Å²) in [5, 5.41) is 7.39. The fourth-order valence-electron chi connectivity index (χ4n) is 5.94. The Balaban J connectivity index is 1.73. The Morgan fingerprint density at radius 2 is 1.56 bits per heavy atom. The molecule has 0 radical (unpaired) electrons. The van der Waals surface area contributed by atoms with Crippen LogP contribution in [-0.2, 0) is 0 Å². The quantitative estimate of drug-likeness (QED) is 0.195. The SMILES string of the molecule is Cc1cc2ccc3c(-c4ccc(C)c5c4oc4ccccc45)ncnc3c2c(C)c1[Si](C)(C)C. The summed E-state index contributed by atoms with van der Waals surface area (Å²) >= 11 is 0. The Morgan fingerprint density at radius 1 is 0.765 bits per heavy atom. The van der Waals surface area contributed by atoms with E-state index in [2.05, 4.69) is 82.9 Å². The molecule has 0 aliphatic rings. The molecule has 168 valence electrons. The standard InChI is InChI=1S/C30H28N2OSi/c1-17-11-13-23(29-25(17)21-9-7-8-10-24(21)33-29)27-22-14-12-20-15-18(2)30(34(4,5)6)19(3)26(20)28(22)32-16-31-27/h7-16H,1-6H3. The molecule has 0 amide bonds. The second-order valence-corrected chi connectivity index (χ2v) is 15.5. The number of aromatic nitrogens is 2. The maximum Gasteiger partial charge on any atom is 0.145 e. The predicted octanol–water partition coefficient (Wildman–Crippen LogP) is 7.82. The normalized spacial score (nSPS) is 12.4. The lowest BCUT2D eigenvalue weighted by Gasteiger charge is -2.24. The summed E-state index contributed by atoms with van der Waals surface area (Å²) in [5.41, 5.74) is 8.71. The van der Waals surface area contributed by atoms with Gasteiger partial charge in [-0.1, -0.05) is 66.8 Å². The fraction of sp³-hybridized carbons (Fsp3) is 0.200. The van der Waals surface area contributed by atoms with Crippen molar-refractivity contribution >= 4 is 56.9 Å². The monoisotopic (exact) mass is 460 g/mol. The summed E-state index contributed by atoms with van der Waals surface area (Å²) in [6.07, 6.45) is 1.71. The summed E-state index contributed by atoms with van der Waals surface area (Å²) in [5.74, 6) is 0. The second kappa shape index (κ2) is 7.25. The van der Waals surface area contributed by atoms with Gasteiger partial charge in [-0.15, -0.1) is 0 Å². The maximum atomic E-state index is 6.40. The minimum absolute atomic E-state index is 0.893. The van der Waals surface area contributed by atoms with E-state index in [-0.39, 0.29) is 0 Å². The third-order valence-electron chi connectivity index (χ3n) is 7.09. The zero-order valence-electron chi connectivity index (χ0n) is 20.6. The first-order chi connectivity index (χ1) is 16.3. The Kier molecular flexibility index (Phi) is 4.49. The molecule has 4 heteroatoms. The van der Waals surface area contributed by atoms with Crippen LogP contribution in [0.2, 0.25) is 19.6 Å². The Morgan fingerprint density at radius 3 is 2.35 bits per heavy atom. The lowest BCUT2D eigenvalue weighted by Crippen LogP contribution is -2.41. The van der Waals surface area contributed by atoms with Gasteiger partial charge in [-0.25, -0.2) is 9.97 Å². The number of rotatable bonds is 2. The second-order valence-electron chi connectivity index (χ2n) is 10.5. The molecule has 6 aromatic rings. The van der Waals surface area contributed by atoms with Crippen molar-refractivity contribution in [2.24, 2.45) is 0 Å². The molecule has 0 bridgehead atoms. The smallest absolute Gasteiger partial charge is 0.145 e. The third kappa shape index (κ3) is 2.95. The largest absolute Gasteiger partial charge is 0.455 e. The Bertz CT molecular complexity index is 1770. The van der Waals surface area contributed by atoms with Crippen LogP contribution >= 0.6 is 0 Å². The van der Waals surface area contributed by atoms with Crippen molar-refractivity contribution in [1.82, 2.24) is 9.97 Å². The molecular formula is C30H28N2OSi. The van der Waals surface area contributed by atoms with Crippen molar-refractivity contribution in [1.29, 1.82) is 0 Å². The first-order valence-corrected chi connectivity index (χ1v) is 15.3. The molecular weight excluding hydrogens is 432 g/mol. The number of aryl methyl sites for hydroxylation is 3. The van der Waals surface area contributed by atoms with Crippen LogP contribution in [0.15, 0.2) is 65.3 Å². The number of hydrogen-bond donors (Lipinski definition) is 0. The highest BCUT2D eigenvalue weighted by Crippen LogP contribution is 2.40. The Labute approximate surface area is 200 Å². The minimum atomic E-state index is -1.52. The van der Waals surface area contributed by atoms with Gasteiger partial charge in [0.1, 0.15) is 17.5 Å². The molecule has 3 nitrogen and oxygen atoms in total. The number of para-hydroxylation sites is 1. The molecule has 0 atom stereocenters. The highest BCUT2D eigenvalue weighted by atomic mass is 28.3. The average molecular weight is 461 g/mol. The molecule has 2 heterocycles. The van der Waals surface area contributed by atoms with Crippen molar-refractivity contribution in [2.45, 2.75) is 40.4 Å². The number of hydrogen-bond acceptors (Lipinski definition) is 3. The molecule has 34 heavy (non-hydrogen) atoms. The first kappa shape index (κ1) is 21.1. The van der Waals surface area contributed by atoms with E-state index in [0.29, 0.717) is 0 Å². The summed E-state index contributed by atoms with van der Waals surface area (Å²) in [6, 6.07) is 19.3. The van der Waals surface area contributed by atoms with Crippen molar-refractivity contribution in [3.8, 4) is 11.3 Å². The zero-order valence-corrected chi connectivity index (χ0v) is 21.6. The fourth-order valence-corrected chi connectivity index (χ4v) is 8.44. The van der Waals surface area contributed by atoms with Crippen LogP contribution in [0.4, 0.5) is 0 Å². The van der Waals surface area contributed by atoms with Gasteiger partial charge in [0, 0.05) is 27.1 Å². The summed E-state index contributed by atoms with van der Waals surface area (Å²) in [4.78, 5) is 9.61. The van der Waals surface area contributed by atoms with Gasteiger partial charge in [0.05, 0.1) is 19.3 Å². The van der Waals surface area contributed by atoms with E-state index in [1.165, 1.54) is 32.6 Å². The van der Waals surface area contributed by atoms with Gasteiger partial charge in [0.25, 0.3) is 0 Å². The van der Waals surface area contributed by atoms with Crippen LogP contribution in [0.1, 0.15) is 16.7 Å². The molecule has 0 saturated heterocycles. The van der Waals surface area contributed by atoms with Gasteiger partial charge in [-0.3, -0.25) is 0 Å². The van der Waals surface area contributed by atoms with Crippen molar-refractivity contribution in [3.63, 3.8) is 0 Å². The summed E-state index contributed by atoms with van der Waals surface area (Å²) < 4.78 is 6.40. The van der Waals surface area contributed by atoms with E-state index in [0.717, 1.165) is 44.1 Å². The maximum absolute atomic E-state index is 6.40. The van der Waals surface area contributed by atoms with Crippen LogP contribution in [0.3, 0.4) is 0 Å². The first-order valence-electron chi connectivity index (χ1n) is 11.8. The van der Waals surface area contributed by atoms with Crippen molar-refractivity contribution in [3.05, 3.63) is 77.6 Å². The topological polar surface area (TPSA) is 38.9 Å². The predicted molar refractivity (Wildman–Crippen MR) is 147 cm³/mol. The van der Waals surface area contributed by atoms with E-state index in [1.54, 1.807) is 6.33 Å². The third-order valence-corrected chi connectivity index (χ3v) is 9.36.